The Morgan fingerprint density at radius 1 is 0.561 bits per heavy atom. The van der Waals surface area contributed by atoms with Crippen molar-refractivity contribution in [2.75, 3.05) is 23.7 Å². The van der Waals surface area contributed by atoms with Crippen LogP contribution in [0.1, 0.15) is 119 Å². The van der Waals surface area contributed by atoms with Gasteiger partial charge in [-0.15, -0.1) is 0 Å². The third-order valence-corrected chi connectivity index (χ3v) is 6.46. The minimum Gasteiger partial charge on any atom is -0.384 e. The fraction of sp³-hybridized carbons (Fsp3) is 0.438. The molecule has 0 spiro atoms. The predicted octanol–water partition coefficient (Wildman–Crippen LogP) is 6.05. The summed E-state index contributed by atoms with van der Waals surface area (Å²) in [5.41, 5.74) is 2.26. The molecule has 2 N–H and O–H groups in total. The van der Waals surface area contributed by atoms with E-state index in [0.29, 0.717) is 59.6 Å². The lowest BCUT2D eigenvalue weighted by Crippen LogP contribution is -2.28. The maximum absolute atomic E-state index is 13.2. The van der Waals surface area contributed by atoms with Crippen molar-refractivity contribution >= 4 is 46.4 Å². The van der Waals surface area contributed by atoms with Crippen LogP contribution in [-0.4, -0.2) is 48.2 Å². The quantitative estimate of drug-likeness (QED) is 0.108. The number of ketones is 4. The molecular formula is C32H40N2O7. The maximum Gasteiger partial charge on any atom is 0.387 e. The number of carbonyl (C=O) groups excluding carboxylic acids is 6. The van der Waals surface area contributed by atoms with Crippen molar-refractivity contribution < 1.29 is 33.5 Å². The van der Waals surface area contributed by atoms with Crippen molar-refractivity contribution in [1.29, 1.82) is 0 Å². The molecule has 0 radical (unpaired) electrons. The van der Waals surface area contributed by atoms with E-state index in [2.05, 4.69) is 10.6 Å². The SMILES string of the molecule is CCCNc1cc(C)c(C(=O)CCC)cc1C(=O)C(=O)OC(=O)C(=O)c1cc(C(=O)CCC)c(C)cc1NCCC. The van der Waals surface area contributed by atoms with Crippen LogP contribution in [0.2, 0.25) is 0 Å². The summed E-state index contributed by atoms with van der Waals surface area (Å²) < 4.78 is 4.76. The first-order valence-corrected chi connectivity index (χ1v) is 14.2. The van der Waals surface area contributed by atoms with E-state index in [-0.39, 0.29) is 35.5 Å². The van der Waals surface area contributed by atoms with Crippen LogP contribution in [0.5, 0.6) is 0 Å². The van der Waals surface area contributed by atoms with Gasteiger partial charge in [-0.1, -0.05) is 27.7 Å². The van der Waals surface area contributed by atoms with Crippen LogP contribution in [0.3, 0.4) is 0 Å². The van der Waals surface area contributed by atoms with Gasteiger partial charge in [0.2, 0.25) is 0 Å². The number of anilines is 2. The fourth-order valence-corrected chi connectivity index (χ4v) is 4.32. The zero-order valence-corrected chi connectivity index (χ0v) is 24.8. The normalized spacial score (nSPS) is 10.6. The van der Waals surface area contributed by atoms with Gasteiger partial charge in [0.05, 0.1) is 11.1 Å². The van der Waals surface area contributed by atoms with Crippen LogP contribution in [0.15, 0.2) is 24.3 Å². The minimum atomic E-state index is -1.54. The second-order valence-electron chi connectivity index (χ2n) is 9.96. The van der Waals surface area contributed by atoms with E-state index >= 15 is 0 Å². The molecule has 41 heavy (non-hydrogen) atoms. The van der Waals surface area contributed by atoms with E-state index < -0.39 is 23.5 Å². The summed E-state index contributed by atoms with van der Waals surface area (Å²) in [4.78, 5) is 77.3. The standard InChI is InChI=1S/C32H40N2O7/c1-7-11-27(35)21-17-23(25(15-19(21)5)33-13-9-3)29(37)31(39)41-32(40)30(38)24-18-22(28(36)12-8-2)20(6)16-26(24)34-14-10-4/h15-18,33-34H,7-14H2,1-6H3. The Morgan fingerprint density at radius 3 is 1.24 bits per heavy atom. The van der Waals surface area contributed by atoms with Crippen molar-refractivity contribution in [3.05, 3.63) is 57.6 Å². The average Bonchev–Trinajstić information content (AvgIpc) is 2.94. The summed E-state index contributed by atoms with van der Waals surface area (Å²) in [6.07, 6.45) is 3.21. The molecular weight excluding hydrogens is 524 g/mol. The molecule has 0 aliphatic heterocycles. The average molecular weight is 565 g/mol. The van der Waals surface area contributed by atoms with Gasteiger partial charge in [0.15, 0.2) is 11.6 Å². The van der Waals surface area contributed by atoms with Crippen LogP contribution in [0.4, 0.5) is 11.4 Å². The smallest absolute Gasteiger partial charge is 0.384 e. The van der Waals surface area contributed by atoms with Gasteiger partial charge in [0.25, 0.3) is 11.6 Å². The molecule has 9 nitrogen and oxygen atoms in total. The second kappa shape index (κ2) is 15.6. The Labute approximate surface area is 241 Å². The monoisotopic (exact) mass is 564 g/mol. The molecule has 0 aliphatic carbocycles. The molecule has 0 unspecified atom stereocenters. The van der Waals surface area contributed by atoms with E-state index in [4.69, 9.17) is 4.74 Å². The van der Waals surface area contributed by atoms with Gasteiger partial charge in [-0.25, -0.2) is 9.59 Å². The summed E-state index contributed by atoms with van der Waals surface area (Å²) in [5.74, 6) is -5.78. The number of carbonyl (C=O) groups is 6. The highest BCUT2D eigenvalue weighted by Gasteiger charge is 2.31. The van der Waals surface area contributed by atoms with Gasteiger partial charge in [0, 0.05) is 48.4 Å². The lowest BCUT2D eigenvalue weighted by molar-refractivity contribution is -0.152. The molecule has 0 aromatic heterocycles. The summed E-state index contributed by atoms with van der Waals surface area (Å²) in [6.45, 7) is 12.0. The molecule has 220 valence electrons. The van der Waals surface area contributed by atoms with Crippen LogP contribution >= 0.6 is 0 Å². The highest BCUT2D eigenvalue weighted by Crippen LogP contribution is 2.26. The van der Waals surface area contributed by atoms with E-state index in [1.54, 1.807) is 26.0 Å². The van der Waals surface area contributed by atoms with E-state index in [1.807, 2.05) is 27.7 Å². The number of aryl methyl sites for hydroxylation is 2. The number of esters is 2. The Bertz CT molecular complexity index is 1240. The van der Waals surface area contributed by atoms with Crippen LogP contribution in [0.25, 0.3) is 0 Å². The summed E-state index contributed by atoms with van der Waals surface area (Å²) in [7, 11) is 0. The lowest BCUT2D eigenvalue weighted by Gasteiger charge is -2.15. The summed E-state index contributed by atoms with van der Waals surface area (Å²) in [6, 6.07) is 5.89. The van der Waals surface area contributed by atoms with Crippen molar-refractivity contribution in [1.82, 2.24) is 0 Å². The second-order valence-corrected chi connectivity index (χ2v) is 9.96. The van der Waals surface area contributed by atoms with Gasteiger partial charge in [-0.05, 0) is 74.9 Å². The Morgan fingerprint density at radius 2 is 0.927 bits per heavy atom. The molecule has 2 rings (SSSR count). The highest BCUT2D eigenvalue weighted by atomic mass is 16.6. The Kier molecular flexibility index (Phi) is 12.6. The molecule has 2 aromatic rings. The topological polar surface area (TPSA) is 136 Å². The van der Waals surface area contributed by atoms with Crippen molar-refractivity contribution in [2.45, 2.75) is 80.1 Å². The predicted molar refractivity (Wildman–Crippen MR) is 158 cm³/mol. The molecule has 0 aliphatic rings. The lowest BCUT2D eigenvalue weighted by atomic mass is 9.95. The molecule has 0 bridgehead atoms. The Balaban J connectivity index is 2.42. The third-order valence-electron chi connectivity index (χ3n) is 6.46. The molecule has 0 saturated carbocycles. The maximum atomic E-state index is 13.2. The number of ether oxygens (including phenoxy) is 1. The molecule has 0 saturated heterocycles. The minimum absolute atomic E-state index is 0.123. The van der Waals surface area contributed by atoms with E-state index in [9.17, 15) is 28.8 Å². The molecule has 0 atom stereocenters. The van der Waals surface area contributed by atoms with Gasteiger partial charge in [-0.2, -0.15) is 0 Å². The Hall–Kier alpha value is -4.14. The van der Waals surface area contributed by atoms with Crippen LogP contribution in [-0.2, 0) is 14.3 Å². The van der Waals surface area contributed by atoms with Gasteiger partial charge < -0.3 is 15.4 Å². The zero-order valence-electron chi connectivity index (χ0n) is 24.8. The van der Waals surface area contributed by atoms with E-state index in [0.717, 1.165) is 12.8 Å². The number of benzene rings is 2. The van der Waals surface area contributed by atoms with Crippen molar-refractivity contribution in [2.24, 2.45) is 0 Å². The van der Waals surface area contributed by atoms with Gasteiger partial charge in [0.1, 0.15) is 0 Å². The number of hydrogen-bond acceptors (Lipinski definition) is 9. The summed E-state index contributed by atoms with van der Waals surface area (Å²) >= 11 is 0. The first-order valence-electron chi connectivity index (χ1n) is 14.2. The highest BCUT2D eigenvalue weighted by molar-refractivity contribution is 6.49. The first-order chi connectivity index (χ1) is 19.5. The van der Waals surface area contributed by atoms with Gasteiger partial charge >= 0.3 is 11.9 Å². The molecule has 0 heterocycles. The largest absolute Gasteiger partial charge is 0.387 e. The number of hydrogen-bond donors (Lipinski definition) is 2. The fourth-order valence-electron chi connectivity index (χ4n) is 4.32. The van der Waals surface area contributed by atoms with Gasteiger partial charge in [-0.3, -0.25) is 19.2 Å². The first kappa shape index (κ1) is 33.1. The number of nitrogens with one attached hydrogen (secondary N) is 2. The van der Waals surface area contributed by atoms with Crippen molar-refractivity contribution in [3.63, 3.8) is 0 Å². The van der Waals surface area contributed by atoms with Crippen molar-refractivity contribution in [3.8, 4) is 0 Å². The molecule has 0 amide bonds. The number of Topliss-reactive ketones (excluding diaryl/α,β-unsaturated/α-hetero) is 4. The van der Waals surface area contributed by atoms with Crippen LogP contribution < -0.4 is 10.6 Å². The summed E-state index contributed by atoms with van der Waals surface area (Å²) in [5, 5.41) is 6.13. The van der Waals surface area contributed by atoms with Crippen LogP contribution in [0, 0.1) is 13.8 Å². The molecule has 2 aromatic carbocycles. The molecule has 9 heteroatoms. The zero-order chi connectivity index (χ0) is 30.7. The number of rotatable bonds is 16. The van der Waals surface area contributed by atoms with E-state index in [1.165, 1.54) is 12.1 Å². The third kappa shape index (κ3) is 8.42. The molecule has 0 fully saturated rings.